The molecule has 66 valence electrons. The van der Waals surface area contributed by atoms with Crippen LogP contribution in [0.1, 0.15) is 0 Å². The van der Waals surface area contributed by atoms with Crippen molar-refractivity contribution in [1.82, 2.24) is 4.98 Å². The molecule has 0 aliphatic carbocycles. The average Bonchev–Trinajstić information content (AvgIpc) is 2.15. The van der Waals surface area contributed by atoms with Gasteiger partial charge in [-0.2, -0.15) is 0 Å². The van der Waals surface area contributed by atoms with Gasteiger partial charge in [0.25, 0.3) is 0 Å². The van der Waals surface area contributed by atoms with E-state index in [4.69, 9.17) is 11.6 Å². The molecule has 2 aromatic rings. The van der Waals surface area contributed by atoms with Gasteiger partial charge in [0.2, 0.25) is 0 Å². The molecule has 5 heteroatoms. The number of aromatic nitrogens is 1. The number of hydrogen-bond acceptors (Lipinski definition) is 2. The standard InChI is InChI=1S/C9H5ClINO.Zn/c10-6-4-7(11)9(13)8-5(6)2-1-3-12-8;/h1-4,13H;/q;+2/i11-3;. The predicted octanol–water partition coefficient (Wildman–Crippen LogP) is 3.20. The first-order valence-electron chi connectivity index (χ1n) is 3.62. The van der Waals surface area contributed by atoms with Crippen molar-refractivity contribution in [3.8, 4) is 5.75 Å². The first-order valence-corrected chi connectivity index (χ1v) is 5.07. The zero-order chi connectivity index (χ0) is 9.42. The van der Waals surface area contributed by atoms with E-state index in [1.165, 1.54) is 0 Å². The van der Waals surface area contributed by atoms with Crippen molar-refractivity contribution in [2.24, 2.45) is 0 Å². The number of pyridine rings is 1. The van der Waals surface area contributed by atoms with E-state index in [-0.39, 0.29) is 25.2 Å². The summed E-state index contributed by atoms with van der Waals surface area (Å²) in [5.41, 5.74) is 0.555. The summed E-state index contributed by atoms with van der Waals surface area (Å²) in [6, 6.07) is 5.35. The molecule has 1 N–H and O–H groups in total. The largest absolute Gasteiger partial charge is 2.00 e. The molecule has 0 atom stereocenters. The predicted molar refractivity (Wildman–Crippen MR) is 61.1 cm³/mol. The Morgan fingerprint density at radius 1 is 1.43 bits per heavy atom. The Morgan fingerprint density at radius 2 is 2.14 bits per heavy atom. The molecular formula is C9H5ClINOZn+2. The Labute approximate surface area is 113 Å². The molecule has 0 saturated heterocycles. The van der Waals surface area contributed by atoms with Gasteiger partial charge in [0.1, 0.15) is 5.52 Å². The van der Waals surface area contributed by atoms with Crippen molar-refractivity contribution < 1.29 is 24.6 Å². The van der Waals surface area contributed by atoms with Gasteiger partial charge >= 0.3 is 19.5 Å². The summed E-state index contributed by atoms with van der Waals surface area (Å²) >= 11 is 8.00. The first-order chi connectivity index (χ1) is 6.20. The van der Waals surface area contributed by atoms with Crippen LogP contribution in [0, 0.1) is 3.57 Å². The van der Waals surface area contributed by atoms with Crippen LogP contribution in [0.3, 0.4) is 0 Å². The topological polar surface area (TPSA) is 33.1 Å². The zero-order valence-corrected chi connectivity index (χ0v) is 13.0. The van der Waals surface area contributed by atoms with E-state index in [0.717, 1.165) is 5.39 Å². The molecule has 0 unspecified atom stereocenters. The monoisotopic (exact) mass is 366 g/mol. The Morgan fingerprint density at radius 3 is 2.86 bits per heavy atom. The fourth-order valence-corrected chi connectivity index (χ4v) is 2.17. The molecule has 0 fully saturated rings. The van der Waals surface area contributed by atoms with Gasteiger partial charge in [-0.05, 0) is 40.8 Å². The van der Waals surface area contributed by atoms with Crippen molar-refractivity contribution in [2.45, 2.75) is 0 Å². The molecule has 0 saturated carbocycles. The van der Waals surface area contributed by atoms with Gasteiger partial charge < -0.3 is 5.11 Å². The van der Waals surface area contributed by atoms with E-state index < -0.39 is 0 Å². The molecule has 2 rings (SSSR count). The van der Waals surface area contributed by atoms with Crippen molar-refractivity contribution >= 4 is 45.1 Å². The second-order valence-corrected chi connectivity index (χ2v) is 4.16. The van der Waals surface area contributed by atoms with Gasteiger partial charge in [-0.15, -0.1) is 0 Å². The van der Waals surface area contributed by atoms with Crippen LogP contribution in [-0.2, 0) is 19.5 Å². The van der Waals surface area contributed by atoms with Crippen molar-refractivity contribution in [3.63, 3.8) is 0 Å². The molecule has 0 spiro atoms. The third-order valence-electron chi connectivity index (χ3n) is 1.77. The van der Waals surface area contributed by atoms with Crippen molar-refractivity contribution in [2.75, 3.05) is 0 Å². The van der Waals surface area contributed by atoms with Gasteiger partial charge in [-0.25, -0.2) is 0 Å². The molecule has 0 amide bonds. The third-order valence-corrected chi connectivity index (χ3v) is 2.90. The molecule has 0 aliphatic heterocycles. The summed E-state index contributed by atoms with van der Waals surface area (Å²) in [6.45, 7) is 0. The Kier molecular flexibility index (Phi) is 4.10. The third kappa shape index (κ3) is 2.02. The van der Waals surface area contributed by atoms with Crippen LogP contribution in [0.15, 0.2) is 24.4 Å². The smallest absolute Gasteiger partial charge is 0.505 e. The number of nitrogens with zero attached hydrogens (tertiary/aromatic N) is 1. The van der Waals surface area contributed by atoms with E-state index in [1.54, 1.807) is 18.3 Å². The van der Waals surface area contributed by atoms with Gasteiger partial charge in [-0.1, -0.05) is 11.6 Å². The average molecular weight is 368 g/mol. The molecule has 0 bridgehead atoms. The molecular weight excluding hydrogens is 363 g/mol. The number of halogens is 2. The van der Waals surface area contributed by atoms with Crippen LogP contribution in [0.4, 0.5) is 0 Å². The summed E-state index contributed by atoms with van der Waals surface area (Å²) in [7, 11) is 0. The quantitative estimate of drug-likeness (QED) is 0.573. The van der Waals surface area contributed by atoms with Crippen LogP contribution in [0.5, 0.6) is 5.75 Å². The van der Waals surface area contributed by atoms with Crippen LogP contribution in [0.25, 0.3) is 10.9 Å². The molecule has 1 aromatic heterocycles. The summed E-state index contributed by atoms with van der Waals surface area (Å²) in [6.07, 6.45) is 1.63. The minimum Gasteiger partial charge on any atom is -0.505 e. The molecule has 0 radical (unpaired) electrons. The number of phenols is 1. The van der Waals surface area contributed by atoms with E-state index >= 15 is 0 Å². The molecule has 14 heavy (non-hydrogen) atoms. The second kappa shape index (κ2) is 4.73. The number of fused-ring (bicyclic) bond motifs is 1. The fourth-order valence-electron chi connectivity index (χ4n) is 1.16. The number of benzene rings is 1. The van der Waals surface area contributed by atoms with E-state index in [1.807, 2.05) is 28.7 Å². The van der Waals surface area contributed by atoms with Gasteiger partial charge in [0, 0.05) is 11.6 Å². The summed E-state index contributed by atoms with van der Waals surface area (Å²) in [5.74, 6) is 0.195. The van der Waals surface area contributed by atoms with Crippen LogP contribution in [-0.4, -0.2) is 10.1 Å². The van der Waals surface area contributed by atoms with Crippen molar-refractivity contribution in [3.05, 3.63) is 33.0 Å². The molecule has 1 aromatic carbocycles. The summed E-state index contributed by atoms with van der Waals surface area (Å²) < 4.78 is 0.716. The molecule has 0 aliphatic rings. The van der Waals surface area contributed by atoms with Crippen molar-refractivity contribution in [1.29, 1.82) is 0 Å². The maximum absolute atomic E-state index is 9.65. The van der Waals surface area contributed by atoms with Crippen LogP contribution in [0.2, 0.25) is 5.02 Å². The van der Waals surface area contributed by atoms with Gasteiger partial charge in [-0.3, -0.25) is 4.98 Å². The van der Waals surface area contributed by atoms with E-state index in [9.17, 15) is 5.11 Å². The summed E-state index contributed by atoms with van der Waals surface area (Å²) in [4.78, 5) is 4.06. The molecule has 2 nitrogen and oxygen atoms in total. The van der Waals surface area contributed by atoms with Crippen LogP contribution >= 0.6 is 34.2 Å². The number of rotatable bonds is 0. The number of phenolic OH excluding ortho intramolecular Hbond substituents is 1. The fraction of sp³-hybridized carbons (Fsp3) is 0. The Bertz CT molecular complexity index is 478. The Hall–Kier alpha value is 0.0734. The number of aromatic hydroxyl groups is 1. The number of hydrogen-bond donors (Lipinski definition) is 1. The van der Waals surface area contributed by atoms with E-state index in [0.29, 0.717) is 14.1 Å². The van der Waals surface area contributed by atoms with Gasteiger partial charge in [0.15, 0.2) is 5.75 Å². The minimum atomic E-state index is 0. The second-order valence-electron chi connectivity index (χ2n) is 2.59. The normalized spacial score (nSPS) is 9.86. The first kappa shape index (κ1) is 12.1. The Balaban J connectivity index is 0.000000980. The summed E-state index contributed by atoms with van der Waals surface area (Å²) in [5, 5.41) is 11.0. The zero-order valence-electron chi connectivity index (χ0n) is 7.17. The van der Waals surface area contributed by atoms with Crippen LogP contribution < -0.4 is 0 Å². The van der Waals surface area contributed by atoms with E-state index in [2.05, 4.69) is 4.98 Å². The maximum Gasteiger partial charge on any atom is 2.00 e. The SMILES string of the molecule is Oc1c([124I])cc(Cl)c2cccnc12.[Zn+2]. The minimum absolute atomic E-state index is 0. The molecule has 1 heterocycles. The van der Waals surface area contributed by atoms with Gasteiger partial charge in [0.05, 0.1) is 8.59 Å². The maximum atomic E-state index is 9.65.